The number of nitrogen functional groups attached to an aromatic ring is 1. The van der Waals surface area contributed by atoms with Crippen LogP contribution in [0.5, 0.6) is 0 Å². The molecule has 1 saturated heterocycles. The van der Waals surface area contributed by atoms with E-state index in [0.717, 1.165) is 23.3 Å². The van der Waals surface area contributed by atoms with Crippen LogP contribution in [-0.4, -0.2) is 34.3 Å². The Balaban J connectivity index is 2.21. The van der Waals surface area contributed by atoms with Gasteiger partial charge < -0.3 is 10.0 Å². The smallest absolute Gasteiger partial charge is 0.239 e. The summed E-state index contributed by atoms with van der Waals surface area (Å²) in [6.07, 6.45) is 2.28. The van der Waals surface area contributed by atoms with Crippen molar-refractivity contribution in [2.24, 2.45) is 11.8 Å². The number of hydrazine groups is 1. The van der Waals surface area contributed by atoms with Gasteiger partial charge in [0, 0.05) is 19.3 Å². The summed E-state index contributed by atoms with van der Waals surface area (Å²) >= 11 is 3.41. The van der Waals surface area contributed by atoms with Gasteiger partial charge in [0.2, 0.25) is 5.95 Å². The highest BCUT2D eigenvalue weighted by atomic mass is 79.9. The molecule has 0 amide bonds. The number of rotatable bonds is 2. The summed E-state index contributed by atoms with van der Waals surface area (Å²) in [6.45, 7) is 3.52. The minimum absolute atomic E-state index is 0.320. The molecule has 2 heterocycles. The number of aliphatic hydroxyl groups is 1. The molecule has 1 aromatic heterocycles. The zero-order valence-electron chi connectivity index (χ0n) is 9.60. The minimum atomic E-state index is -0.320. The predicted molar refractivity (Wildman–Crippen MR) is 69.5 cm³/mol. The van der Waals surface area contributed by atoms with Crippen molar-refractivity contribution in [3.8, 4) is 0 Å². The highest BCUT2D eigenvalue weighted by molar-refractivity contribution is 9.10. The Bertz CT molecular complexity index is 402. The Morgan fingerprint density at radius 1 is 1.65 bits per heavy atom. The number of nitrogens with two attached hydrogens (primary N) is 1. The highest BCUT2D eigenvalue weighted by Gasteiger charge is 2.26. The molecule has 1 aromatic rings. The molecule has 7 heteroatoms. The maximum Gasteiger partial charge on any atom is 0.239 e. The lowest BCUT2D eigenvalue weighted by Gasteiger charge is -2.35. The molecule has 0 aromatic carbocycles. The van der Waals surface area contributed by atoms with Crippen LogP contribution >= 0.6 is 15.9 Å². The summed E-state index contributed by atoms with van der Waals surface area (Å²) in [7, 11) is 0. The van der Waals surface area contributed by atoms with Gasteiger partial charge in [0.1, 0.15) is 5.82 Å². The van der Waals surface area contributed by atoms with Crippen molar-refractivity contribution in [3.63, 3.8) is 0 Å². The van der Waals surface area contributed by atoms with Gasteiger partial charge >= 0.3 is 0 Å². The molecule has 6 nitrogen and oxygen atoms in total. The van der Waals surface area contributed by atoms with Crippen LogP contribution in [0.1, 0.15) is 13.3 Å². The van der Waals surface area contributed by atoms with Gasteiger partial charge in [-0.15, -0.1) is 0 Å². The summed E-state index contributed by atoms with van der Waals surface area (Å²) < 4.78 is 0.804. The van der Waals surface area contributed by atoms with Crippen LogP contribution in [0.25, 0.3) is 0 Å². The molecule has 1 aliphatic rings. The standard InChI is InChI=1S/C10H16BrN5O/c1-6-2-3-16(5-8(6)17)9-7(11)4-13-10(14-9)15-12/h4,6,8,17H,2-3,5,12H2,1H3,(H,13,14,15). The summed E-state index contributed by atoms with van der Waals surface area (Å²) in [4.78, 5) is 10.3. The summed E-state index contributed by atoms with van der Waals surface area (Å²) in [5.41, 5.74) is 2.42. The molecule has 1 fully saturated rings. The average Bonchev–Trinajstić information content (AvgIpc) is 2.33. The van der Waals surface area contributed by atoms with E-state index in [1.807, 2.05) is 4.90 Å². The van der Waals surface area contributed by atoms with Crippen molar-refractivity contribution < 1.29 is 5.11 Å². The zero-order valence-corrected chi connectivity index (χ0v) is 11.2. The van der Waals surface area contributed by atoms with Gasteiger partial charge in [0.25, 0.3) is 0 Å². The lowest BCUT2D eigenvalue weighted by Crippen LogP contribution is -2.43. The van der Waals surface area contributed by atoms with Crippen LogP contribution in [0.4, 0.5) is 11.8 Å². The largest absolute Gasteiger partial charge is 0.391 e. The fourth-order valence-corrected chi connectivity index (χ4v) is 2.33. The molecular formula is C10H16BrN5O. The van der Waals surface area contributed by atoms with Crippen molar-refractivity contribution in [2.45, 2.75) is 19.4 Å². The third-order valence-electron chi connectivity index (χ3n) is 3.07. The summed E-state index contributed by atoms with van der Waals surface area (Å²) in [5.74, 6) is 6.76. The predicted octanol–water partition coefficient (Wildman–Crippen LogP) is 0.732. The normalized spacial score (nSPS) is 24.8. The van der Waals surface area contributed by atoms with E-state index in [0.29, 0.717) is 18.4 Å². The topological polar surface area (TPSA) is 87.3 Å². The van der Waals surface area contributed by atoms with E-state index in [1.165, 1.54) is 0 Å². The molecule has 0 bridgehead atoms. The van der Waals surface area contributed by atoms with Gasteiger partial charge in [0.15, 0.2) is 0 Å². The van der Waals surface area contributed by atoms with Crippen LogP contribution in [0, 0.1) is 5.92 Å². The Morgan fingerprint density at radius 3 is 3.06 bits per heavy atom. The number of β-amino-alcohol motifs (C(OH)–C–C–N with tert-alkyl or cyclic N) is 1. The number of aliphatic hydroxyl groups excluding tert-OH is 1. The Kier molecular flexibility index (Phi) is 3.80. The maximum absolute atomic E-state index is 9.89. The number of hydrogen-bond acceptors (Lipinski definition) is 6. The molecule has 94 valence electrons. The molecule has 0 saturated carbocycles. The average molecular weight is 302 g/mol. The van der Waals surface area contributed by atoms with Gasteiger partial charge in [-0.05, 0) is 28.3 Å². The number of piperidine rings is 1. The highest BCUT2D eigenvalue weighted by Crippen LogP contribution is 2.28. The van der Waals surface area contributed by atoms with E-state index in [2.05, 4.69) is 38.2 Å². The Morgan fingerprint density at radius 2 is 2.41 bits per heavy atom. The van der Waals surface area contributed by atoms with Gasteiger partial charge in [-0.1, -0.05) is 6.92 Å². The molecule has 0 spiro atoms. The van der Waals surface area contributed by atoms with Crippen LogP contribution < -0.4 is 16.2 Å². The summed E-state index contributed by atoms with van der Waals surface area (Å²) in [5, 5.41) is 9.89. The second kappa shape index (κ2) is 5.16. The van der Waals surface area contributed by atoms with Crippen LogP contribution in [-0.2, 0) is 0 Å². The van der Waals surface area contributed by atoms with E-state index in [-0.39, 0.29) is 6.10 Å². The quantitative estimate of drug-likeness (QED) is 0.551. The monoisotopic (exact) mass is 301 g/mol. The number of hydrogen-bond donors (Lipinski definition) is 3. The number of halogens is 1. The molecule has 1 aliphatic heterocycles. The van der Waals surface area contributed by atoms with E-state index in [1.54, 1.807) is 6.20 Å². The molecule has 2 atom stereocenters. The minimum Gasteiger partial charge on any atom is -0.391 e. The fraction of sp³-hybridized carbons (Fsp3) is 0.600. The van der Waals surface area contributed by atoms with E-state index >= 15 is 0 Å². The molecule has 0 aliphatic carbocycles. The number of anilines is 2. The van der Waals surface area contributed by atoms with E-state index in [9.17, 15) is 5.11 Å². The molecule has 2 rings (SSSR count). The van der Waals surface area contributed by atoms with Crippen molar-refractivity contribution >= 4 is 27.7 Å². The third kappa shape index (κ3) is 2.67. The Hall–Kier alpha value is -0.920. The fourth-order valence-electron chi connectivity index (χ4n) is 1.89. The van der Waals surface area contributed by atoms with Crippen molar-refractivity contribution in [3.05, 3.63) is 10.7 Å². The molecule has 0 radical (unpaired) electrons. The van der Waals surface area contributed by atoms with E-state index < -0.39 is 0 Å². The number of nitrogens with zero attached hydrogens (tertiary/aromatic N) is 3. The van der Waals surface area contributed by atoms with Crippen LogP contribution in [0.3, 0.4) is 0 Å². The number of aromatic nitrogens is 2. The first-order chi connectivity index (χ1) is 8.11. The van der Waals surface area contributed by atoms with Gasteiger partial charge in [-0.3, -0.25) is 5.43 Å². The first-order valence-electron chi connectivity index (χ1n) is 5.54. The SMILES string of the molecule is CC1CCN(c2nc(NN)ncc2Br)CC1O. The molecule has 4 N–H and O–H groups in total. The van der Waals surface area contributed by atoms with Gasteiger partial charge in [0.05, 0.1) is 10.6 Å². The summed E-state index contributed by atoms with van der Waals surface area (Å²) in [6, 6.07) is 0. The number of nitrogens with one attached hydrogen (secondary N) is 1. The second-order valence-electron chi connectivity index (χ2n) is 4.29. The first-order valence-corrected chi connectivity index (χ1v) is 6.33. The Labute approximate surface area is 108 Å². The van der Waals surface area contributed by atoms with Gasteiger partial charge in [-0.25, -0.2) is 10.8 Å². The second-order valence-corrected chi connectivity index (χ2v) is 5.14. The molecule has 2 unspecified atom stereocenters. The van der Waals surface area contributed by atoms with Crippen molar-refractivity contribution in [2.75, 3.05) is 23.4 Å². The zero-order chi connectivity index (χ0) is 12.4. The maximum atomic E-state index is 9.89. The molecule has 17 heavy (non-hydrogen) atoms. The first kappa shape index (κ1) is 12.5. The van der Waals surface area contributed by atoms with Gasteiger partial charge in [-0.2, -0.15) is 4.98 Å². The molecular weight excluding hydrogens is 286 g/mol. The third-order valence-corrected chi connectivity index (χ3v) is 3.63. The van der Waals surface area contributed by atoms with Crippen molar-refractivity contribution in [1.82, 2.24) is 9.97 Å². The lowest BCUT2D eigenvalue weighted by atomic mass is 9.96. The van der Waals surface area contributed by atoms with Crippen LogP contribution in [0.2, 0.25) is 0 Å². The van der Waals surface area contributed by atoms with E-state index in [4.69, 9.17) is 5.84 Å². The van der Waals surface area contributed by atoms with Crippen LogP contribution in [0.15, 0.2) is 10.7 Å². The van der Waals surface area contributed by atoms with Crippen molar-refractivity contribution in [1.29, 1.82) is 0 Å². The lowest BCUT2D eigenvalue weighted by molar-refractivity contribution is 0.102.